The van der Waals surface area contributed by atoms with E-state index in [1.54, 1.807) is 18.0 Å². The molecule has 1 aromatic heterocycles. The van der Waals surface area contributed by atoms with Crippen molar-refractivity contribution >= 4 is 11.5 Å². The first-order chi connectivity index (χ1) is 8.19. The molecule has 17 heavy (non-hydrogen) atoms. The van der Waals surface area contributed by atoms with Gasteiger partial charge in [0.2, 0.25) is 0 Å². The molecule has 5 nitrogen and oxygen atoms in total. The number of methoxy groups -OCH3 is 1. The Morgan fingerprint density at radius 2 is 2.06 bits per heavy atom. The highest BCUT2D eigenvalue weighted by molar-refractivity contribution is 5.59. The monoisotopic (exact) mass is 232 g/mol. The van der Waals surface area contributed by atoms with Crippen molar-refractivity contribution in [2.24, 2.45) is 7.05 Å². The minimum absolute atomic E-state index is 0.654. The quantitative estimate of drug-likeness (QED) is 0.840. The summed E-state index contributed by atoms with van der Waals surface area (Å²) >= 11 is 0. The number of anilines is 2. The van der Waals surface area contributed by atoms with Gasteiger partial charge in [-0.2, -0.15) is 5.10 Å². The Kier molecular flexibility index (Phi) is 3.18. The van der Waals surface area contributed by atoms with E-state index in [0.29, 0.717) is 18.1 Å². The van der Waals surface area contributed by atoms with E-state index >= 15 is 0 Å². The van der Waals surface area contributed by atoms with Crippen molar-refractivity contribution in [1.82, 2.24) is 9.78 Å². The summed E-state index contributed by atoms with van der Waals surface area (Å²) in [5.74, 6) is 1.56. The molecule has 0 atom stereocenters. The van der Waals surface area contributed by atoms with Gasteiger partial charge in [-0.05, 0) is 17.7 Å². The lowest BCUT2D eigenvalue weighted by Crippen LogP contribution is -2.02. The van der Waals surface area contributed by atoms with Crippen LogP contribution in [0.4, 0.5) is 11.5 Å². The lowest BCUT2D eigenvalue weighted by molar-refractivity contribution is 0.414. The highest BCUT2D eigenvalue weighted by Gasteiger charge is 2.03. The zero-order valence-corrected chi connectivity index (χ0v) is 9.97. The standard InChI is InChI=1S/C12H16N4O/c1-16-8-11(13)12(15-16)14-7-9-3-5-10(17-2)6-4-9/h3-6,8H,7,13H2,1-2H3,(H,14,15). The van der Waals surface area contributed by atoms with Gasteiger partial charge in [0.25, 0.3) is 0 Å². The second-order valence-electron chi connectivity index (χ2n) is 3.81. The van der Waals surface area contributed by atoms with E-state index in [2.05, 4.69) is 10.4 Å². The van der Waals surface area contributed by atoms with Gasteiger partial charge in [-0.1, -0.05) is 12.1 Å². The second-order valence-corrected chi connectivity index (χ2v) is 3.81. The number of aryl methyl sites for hydroxylation is 1. The molecular weight excluding hydrogens is 216 g/mol. The maximum atomic E-state index is 5.79. The molecule has 90 valence electrons. The number of nitrogens with one attached hydrogen (secondary N) is 1. The van der Waals surface area contributed by atoms with Crippen LogP contribution in [-0.2, 0) is 13.6 Å². The summed E-state index contributed by atoms with van der Waals surface area (Å²) in [5, 5.41) is 7.40. The van der Waals surface area contributed by atoms with E-state index in [9.17, 15) is 0 Å². The van der Waals surface area contributed by atoms with Crippen molar-refractivity contribution in [2.45, 2.75) is 6.54 Å². The van der Waals surface area contributed by atoms with E-state index < -0.39 is 0 Å². The van der Waals surface area contributed by atoms with Gasteiger partial charge < -0.3 is 15.8 Å². The third-order valence-electron chi connectivity index (χ3n) is 2.48. The predicted molar refractivity (Wildman–Crippen MR) is 67.9 cm³/mol. The number of nitrogen functional groups attached to an aromatic ring is 1. The summed E-state index contributed by atoms with van der Waals surface area (Å²) in [4.78, 5) is 0. The molecule has 0 radical (unpaired) electrons. The fraction of sp³-hybridized carbons (Fsp3) is 0.250. The molecule has 0 bridgehead atoms. The van der Waals surface area contributed by atoms with Gasteiger partial charge in [0, 0.05) is 19.8 Å². The fourth-order valence-corrected chi connectivity index (χ4v) is 1.57. The van der Waals surface area contributed by atoms with Crippen LogP contribution in [0.3, 0.4) is 0 Å². The van der Waals surface area contributed by atoms with Crippen LogP contribution in [0, 0.1) is 0 Å². The number of benzene rings is 1. The summed E-state index contributed by atoms with van der Waals surface area (Å²) in [6.07, 6.45) is 1.77. The smallest absolute Gasteiger partial charge is 0.171 e. The first-order valence-electron chi connectivity index (χ1n) is 5.35. The Labute approximate surface area is 100 Å². The largest absolute Gasteiger partial charge is 0.497 e. The lowest BCUT2D eigenvalue weighted by atomic mass is 10.2. The van der Waals surface area contributed by atoms with Crippen LogP contribution >= 0.6 is 0 Å². The van der Waals surface area contributed by atoms with Gasteiger partial charge in [0.1, 0.15) is 5.75 Å². The third-order valence-corrected chi connectivity index (χ3v) is 2.48. The van der Waals surface area contributed by atoms with E-state index in [0.717, 1.165) is 11.3 Å². The Bertz CT molecular complexity index is 490. The molecule has 1 heterocycles. The molecule has 0 fully saturated rings. The van der Waals surface area contributed by atoms with Gasteiger partial charge in [0.15, 0.2) is 5.82 Å². The fourth-order valence-electron chi connectivity index (χ4n) is 1.57. The molecular formula is C12H16N4O. The summed E-state index contributed by atoms with van der Waals surface area (Å²) < 4.78 is 6.78. The number of rotatable bonds is 4. The summed E-state index contributed by atoms with van der Waals surface area (Å²) in [5.41, 5.74) is 7.59. The summed E-state index contributed by atoms with van der Waals surface area (Å²) in [7, 11) is 3.50. The number of ether oxygens (including phenoxy) is 1. The topological polar surface area (TPSA) is 65.1 Å². The number of nitrogens with two attached hydrogens (primary N) is 1. The van der Waals surface area contributed by atoms with E-state index in [4.69, 9.17) is 10.5 Å². The average molecular weight is 232 g/mol. The van der Waals surface area contributed by atoms with Crippen LogP contribution in [-0.4, -0.2) is 16.9 Å². The molecule has 2 rings (SSSR count). The van der Waals surface area contributed by atoms with Crippen molar-refractivity contribution in [3.05, 3.63) is 36.0 Å². The molecule has 0 aliphatic rings. The molecule has 0 aliphatic heterocycles. The molecule has 2 aromatic rings. The van der Waals surface area contributed by atoms with Crippen molar-refractivity contribution in [1.29, 1.82) is 0 Å². The number of nitrogens with zero attached hydrogens (tertiary/aromatic N) is 2. The minimum atomic E-state index is 0.654. The highest BCUT2D eigenvalue weighted by Crippen LogP contribution is 2.16. The van der Waals surface area contributed by atoms with Gasteiger partial charge in [-0.15, -0.1) is 0 Å². The summed E-state index contributed by atoms with van der Waals surface area (Å²) in [6.45, 7) is 0.686. The van der Waals surface area contributed by atoms with Crippen molar-refractivity contribution in [2.75, 3.05) is 18.2 Å². The maximum Gasteiger partial charge on any atom is 0.171 e. The molecule has 1 aromatic carbocycles. The molecule has 0 spiro atoms. The highest BCUT2D eigenvalue weighted by atomic mass is 16.5. The maximum absolute atomic E-state index is 5.79. The van der Waals surface area contributed by atoms with Crippen LogP contribution < -0.4 is 15.8 Å². The Balaban J connectivity index is 1.99. The molecule has 3 N–H and O–H groups in total. The van der Waals surface area contributed by atoms with Crippen LogP contribution in [0.15, 0.2) is 30.5 Å². The Hall–Kier alpha value is -2.17. The Morgan fingerprint density at radius 3 is 2.59 bits per heavy atom. The number of hydrogen-bond acceptors (Lipinski definition) is 4. The zero-order valence-electron chi connectivity index (χ0n) is 9.97. The van der Waals surface area contributed by atoms with Gasteiger partial charge in [-0.25, -0.2) is 0 Å². The van der Waals surface area contributed by atoms with Crippen LogP contribution in [0.25, 0.3) is 0 Å². The third kappa shape index (κ3) is 2.69. The van der Waals surface area contributed by atoms with Gasteiger partial charge >= 0.3 is 0 Å². The van der Waals surface area contributed by atoms with Crippen molar-refractivity contribution in [3.8, 4) is 5.75 Å². The zero-order chi connectivity index (χ0) is 12.3. The van der Waals surface area contributed by atoms with Crippen molar-refractivity contribution < 1.29 is 4.74 Å². The first kappa shape index (κ1) is 11.3. The molecule has 0 saturated carbocycles. The Morgan fingerprint density at radius 1 is 1.35 bits per heavy atom. The van der Waals surface area contributed by atoms with Gasteiger partial charge in [0.05, 0.1) is 12.8 Å². The molecule has 0 aliphatic carbocycles. The number of hydrogen-bond donors (Lipinski definition) is 2. The summed E-state index contributed by atoms with van der Waals surface area (Å²) in [6, 6.07) is 7.87. The molecule has 0 unspecified atom stereocenters. The second kappa shape index (κ2) is 4.78. The normalized spacial score (nSPS) is 10.2. The SMILES string of the molecule is COc1ccc(CNc2nn(C)cc2N)cc1. The molecule has 0 amide bonds. The van der Waals surface area contributed by atoms with Gasteiger partial charge in [-0.3, -0.25) is 4.68 Å². The van der Waals surface area contributed by atoms with E-state index in [1.165, 1.54) is 0 Å². The molecule has 0 saturated heterocycles. The van der Waals surface area contributed by atoms with Crippen LogP contribution in [0.2, 0.25) is 0 Å². The van der Waals surface area contributed by atoms with Crippen molar-refractivity contribution in [3.63, 3.8) is 0 Å². The lowest BCUT2D eigenvalue weighted by Gasteiger charge is -2.05. The van der Waals surface area contributed by atoms with Crippen LogP contribution in [0.1, 0.15) is 5.56 Å². The van der Waals surface area contributed by atoms with E-state index in [1.807, 2.05) is 31.3 Å². The number of aromatic nitrogens is 2. The minimum Gasteiger partial charge on any atom is -0.497 e. The average Bonchev–Trinajstić information content (AvgIpc) is 2.66. The van der Waals surface area contributed by atoms with E-state index in [-0.39, 0.29) is 0 Å². The van der Waals surface area contributed by atoms with Crippen LogP contribution in [0.5, 0.6) is 5.75 Å². The molecule has 5 heteroatoms. The predicted octanol–water partition coefficient (Wildman–Crippen LogP) is 1.62. The first-order valence-corrected chi connectivity index (χ1v) is 5.35.